The van der Waals surface area contributed by atoms with Gasteiger partial charge in [-0.25, -0.2) is 0 Å². The summed E-state index contributed by atoms with van der Waals surface area (Å²) in [6, 6.07) is 4.93. The van der Waals surface area contributed by atoms with Crippen molar-refractivity contribution >= 4 is 31.8 Å². The Bertz CT molecular complexity index is 594. The average molecular weight is 378 g/mol. The molecule has 1 saturated heterocycles. The second kappa shape index (κ2) is 6.95. The van der Waals surface area contributed by atoms with Crippen LogP contribution in [0.25, 0.3) is 0 Å². The van der Waals surface area contributed by atoms with Crippen LogP contribution < -0.4 is 15.2 Å². The molecule has 0 spiro atoms. The maximum absolute atomic E-state index is 12.5. The lowest BCUT2D eigenvalue weighted by molar-refractivity contribution is 0.259. The second-order valence-electron chi connectivity index (χ2n) is 4.95. The van der Waals surface area contributed by atoms with Crippen molar-refractivity contribution in [2.45, 2.75) is 25.3 Å². The highest BCUT2D eigenvalue weighted by Crippen LogP contribution is 2.29. The molecular formula is C13H20BrN3O3S. The minimum Gasteiger partial charge on any atom is -0.496 e. The summed E-state index contributed by atoms with van der Waals surface area (Å²) in [6.45, 7) is 0.849. The summed E-state index contributed by atoms with van der Waals surface area (Å²) in [7, 11) is -2.03. The zero-order valence-corrected chi connectivity index (χ0v) is 14.3. The minimum atomic E-state index is -3.59. The fourth-order valence-corrected chi connectivity index (χ4v) is 4.50. The number of ether oxygens (including phenoxy) is 1. The van der Waals surface area contributed by atoms with Crippen molar-refractivity contribution in [1.29, 1.82) is 0 Å². The molecule has 2 rings (SSSR count). The molecule has 1 aromatic carbocycles. The van der Waals surface area contributed by atoms with E-state index in [0.717, 1.165) is 19.3 Å². The van der Waals surface area contributed by atoms with E-state index in [1.165, 1.54) is 4.31 Å². The first-order valence-electron chi connectivity index (χ1n) is 6.81. The molecule has 1 heterocycles. The largest absolute Gasteiger partial charge is 0.496 e. The maximum Gasteiger partial charge on any atom is 0.301 e. The van der Waals surface area contributed by atoms with Crippen LogP contribution in [0.2, 0.25) is 0 Å². The van der Waals surface area contributed by atoms with Crippen LogP contribution in [0.4, 0.5) is 5.69 Å². The van der Waals surface area contributed by atoms with Crippen LogP contribution >= 0.6 is 15.9 Å². The highest BCUT2D eigenvalue weighted by atomic mass is 79.9. The van der Waals surface area contributed by atoms with Gasteiger partial charge >= 0.3 is 10.2 Å². The van der Waals surface area contributed by atoms with Crippen molar-refractivity contribution < 1.29 is 13.2 Å². The van der Waals surface area contributed by atoms with Crippen molar-refractivity contribution in [2.24, 2.45) is 5.73 Å². The fourth-order valence-electron chi connectivity index (χ4n) is 2.46. The number of piperidine rings is 1. The van der Waals surface area contributed by atoms with Crippen LogP contribution in [0.1, 0.15) is 19.3 Å². The van der Waals surface area contributed by atoms with Gasteiger partial charge in [0.25, 0.3) is 0 Å². The SMILES string of the molecule is COc1ccc(NS(=O)(=O)N2CCCCC2CN)cc1Br. The minimum absolute atomic E-state index is 0.127. The zero-order valence-electron chi connectivity index (χ0n) is 11.9. The van der Waals surface area contributed by atoms with Gasteiger partial charge in [0.1, 0.15) is 5.75 Å². The van der Waals surface area contributed by atoms with E-state index in [-0.39, 0.29) is 6.04 Å². The lowest BCUT2D eigenvalue weighted by Crippen LogP contribution is -2.49. The highest BCUT2D eigenvalue weighted by Gasteiger charge is 2.31. The van der Waals surface area contributed by atoms with Crippen LogP contribution in [-0.4, -0.2) is 39.0 Å². The van der Waals surface area contributed by atoms with Gasteiger partial charge in [0.2, 0.25) is 0 Å². The van der Waals surface area contributed by atoms with Gasteiger partial charge in [-0.2, -0.15) is 12.7 Å². The first-order chi connectivity index (χ1) is 9.97. The third-order valence-corrected chi connectivity index (χ3v) is 5.76. The molecule has 1 aromatic rings. The van der Waals surface area contributed by atoms with Crippen LogP contribution in [-0.2, 0) is 10.2 Å². The number of hydrogen-bond acceptors (Lipinski definition) is 4. The molecule has 3 N–H and O–H groups in total. The van der Waals surface area contributed by atoms with Crippen molar-refractivity contribution in [1.82, 2.24) is 4.31 Å². The van der Waals surface area contributed by atoms with E-state index in [1.807, 2.05) is 0 Å². The topological polar surface area (TPSA) is 84.7 Å². The van der Waals surface area contributed by atoms with Gasteiger partial charge in [-0.1, -0.05) is 6.42 Å². The predicted molar refractivity (Wildman–Crippen MR) is 86.6 cm³/mol. The Kier molecular flexibility index (Phi) is 5.48. The van der Waals surface area contributed by atoms with Crippen LogP contribution in [0.3, 0.4) is 0 Å². The van der Waals surface area contributed by atoms with E-state index in [9.17, 15) is 8.42 Å². The number of rotatable bonds is 5. The molecule has 6 nitrogen and oxygen atoms in total. The van der Waals surface area contributed by atoms with Gasteiger partial charge in [0, 0.05) is 19.1 Å². The Morgan fingerprint density at radius 3 is 2.86 bits per heavy atom. The number of nitrogens with zero attached hydrogens (tertiary/aromatic N) is 1. The van der Waals surface area contributed by atoms with Crippen LogP contribution in [0, 0.1) is 0 Å². The number of halogens is 1. The van der Waals surface area contributed by atoms with Crippen LogP contribution in [0.5, 0.6) is 5.75 Å². The molecule has 1 aliphatic rings. The third kappa shape index (κ3) is 3.88. The molecule has 1 unspecified atom stereocenters. The summed E-state index contributed by atoms with van der Waals surface area (Å²) in [6.07, 6.45) is 2.69. The quantitative estimate of drug-likeness (QED) is 0.820. The molecular weight excluding hydrogens is 358 g/mol. The first kappa shape index (κ1) is 16.5. The van der Waals surface area contributed by atoms with E-state index in [4.69, 9.17) is 10.5 Å². The Labute approximate surface area is 134 Å². The molecule has 0 bridgehead atoms. The van der Waals surface area contributed by atoms with Gasteiger partial charge in [-0.05, 0) is 47.0 Å². The predicted octanol–water partition coefficient (Wildman–Crippen LogP) is 1.93. The monoisotopic (exact) mass is 377 g/mol. The molecule has 0 aliphatic carbocycles. The maximum atomic E-state index is 12.5. The first-order valence-corrected chi connectivity index (χ1v) is 9.04. The fraction of sp³-hybridized carbons (Fsp3) is 0.538. The van der Waals surface area contributed by atoms with E-state index in [1.54, 1.807) is 25.3 Å². The Balaban J connectivity index is 2.18. The van der Waals surface area contributed by atoms with E-state index < -0.39 is 10.2 Å². The summed E-state index contributed by atoms with van der Waals surface area (Å²) < 4.78 is 34.9. The van der Waals surface area contributed by atoms with Crippen molar-refractivity contribution in [3.05, 3.63) is 22.7 Å². The number of benzene rings is 1. The normalized spacial score (nSPS) is 20.2. The summed E-state index contributed by atoms with van der Waals surface area (Å²) in [5.74, 6) is 0.649. The van der Waals surface area contributed by atoms with Crippen molar-refractivity contribution in [3.8, 4) is 5.75 Å². The smallest absolute Gasteiger partial charge is 0.301 e. The Morgan fingerprint density at radius 1 is 1.48 bits per heavy atom. The van der Waals surface area contributed by atoms with Crippen molar-refractivity contribution in [3.63, 3.8) is 0 Å². The Hall–Kier alpha value is -0.830. The molecule has 0 aromatic heterocycles. The lowest BCUT2D eigenvalue weighted by Gasteiger charge is -2.33. The molecule has 8 heteroatoms. The number of hydrogen-bond donors (Lipinski definition) is 2. The summed E-state index contributed by atoms with van der Waals surface area (Å²) in [5, 5.41) is 0. The molecule has 0 saturated carbocycles. The summed E-state index contributed by atoms with van der Waals surface area (Å²) >= 11 is 3.34. The molecule has 21 heavy (non-hydrogen) atoms. The molecule has 0 radical (unpaired) electrons. The van der Waals surface area contributed by atoms with Gasteiger partial charge < -0.3 is 10.5 Å². The zero-order chi connectivity index (χ0) is 15.5. The standard InChI is InChI=1S/C13H20BrN3O3S/c1-20-13-6-5-10(8-12(13)14)16-21(18,19)17-7-3-2-4-11(17)9-15/h5-6,8,11,16H,2-4,7,9,15H2,1H3. The number of anilines is 1. The van der Waals surface area contributed by atoms with Gasteiger partial charge in [0.05, 0.1) is 17.3 Å². The van der Waals surface area contributed by atoms with Crippen molar-refractivity contribution in [2.75, 3.05) is 24.9 Å². The van der Waals surface area contributed by atoms with E-state index in [2.05, 4.69) is 20.7 Å². The van der Waals surface area contributed by atoms with E-state index in [0.29, 0.717) is 29.0 Å². The molecule has 0 amide bonds. The third-order valence-electron chi connectivity index (χ3n) is 3.55. The molecule has 1 atom stereocenters. The van der Waals surface area contributed by atoms with Crippen LogP contribution in [0.15, 0.2) is 22.7 Å². The summed E-state index contributed by atoms with van der Waals surface area (Å²) in [4.78, 5) is 0. The number of nitrogens with two attached hydrogens (primary N) is 1. The van der Waals surface area contributed by atoms with E-state index >= 15 is 0 Å². The average Bonchev–Trinajstić information content (AvgIpc) is 2.47. The second-order valence-corrected chi connectivity index (χ2v) is 7.43. The van der Waals surface area contributed by atoms with Gasteiger partial charge in [0.15, 0.2) is 0 Å². The highest BCUT2D eigenvalue weighted by molar-refractivity contribution is 9.10. The van der Waals surface area contributed by atoms with Gasteiger partial charge in [-0.3, -0.25) is 4.72 Å². The number of nitrogens with one attached hydrogen (secondary N) is 1. The number of methoxy groups -OCH3 is 1. The molecule has 1 fully saturated rings. The molecule has 118 valence electrons. The Morgan fingerprint density at radius 2 is 2.24 bits per heavy atom. The lowest BCUT2D eigenvalue weighted by atomic mass is 10.1. The van der Waals surface area contributed by atoms with Gasteiger partial charge in [-0.15, -0.1) is 0 Å². The molecule has 1 aliphatic heterocycles. The summed E-state index contributed by atoms with van der Waals surface area (Å²) in [5.41, 5.74) is 6.18.